The molecule has 0 nitrogen and oxygen atoms in total. The van der Waals surface area contributed by atoms with Gasteiger partial charge in [0.25, 0.3) is 0 Å². The molecule has 0 aliphatic heterocycles. The molecule has 2 aromatic carbocycles. The molecule has 0 radical (unpaired) electrons. The van der Waals surface area contributed by atoms with E-state index in [2.05, 4.69) is 31.9 Å². The van der Waals surface area contributed by atoms with Gasteiger partial charge < -0.3 is 0 Å². The minimum absolute atomic E-state index is 0.257. The van der Waals surface area contributed by atoms with Gasteiger partial charge in [0.05, 0.1) is 5.02 Å². The first-order valence-electron chi connectivity index (χ1n) is 5.40. The molecule has 0 N–H and O–H groups in total. The lowest BCUT2D eigenvalue weighted by Crippen LogP contribution is -1.95. The van der Waals surface area contributed by atoms with Crippen LogP contribution in [0.2, 0.25) is 10.0 Å². The molecule has 0 saturated heterocycles. The SMILES string of the molecule is Clc1ccc(CC(Br)c2ccc(Cl)c(Br)c2)cc1. The average molecular weight is 409 g/mol. The Balaban J connectivity index is 2.13. The zero-order valence-corrected chi connectivity index (χ0v) is 14.0. The van der Waals surface area contributed by atoms with E-state index >= 15 is 0 Å². The van der Waals surface area contributed by atoms with Crippen LogP contribution in [0.15, 0.2) is 46.9 Å². The highest BCUT2D eigenvalue weighted by molar-refractivity contribution is 9.10. The number of benzene rings is 2. The predicted molar refractivity (Wildman–Crippen MR) is 86.0 cm³/mol. The lowest BCUT2D eigenvalue weighted by atomic mass is 10.0. The molecule has 0 heterocycles. The van der Waals surface area contributed by atoms with Crippen molar-refractivity contribution < 1.29 is 0 Å². The third kappa shape index (κ3) is 3.74. The first-order chi connectivity index (χ1) is 8.56. The lowest BCUT2D eigenvalue weighted by molar-refractivity contribution is 0.948. The molecule has 0 aliphatic carbocycles. The first-order valence-corrected chi connectivity index (χ1v) is 7.86. The van der Waals surface area contributed by atoms with Gasteiger partial charge in [0.2, 0.25) is 0 Å². The maximum atomic E-state index is 5.99. The van der Waals surface area contributed by atoms with E-state index in [0.29, 0.717) is 0 Å². The standard InChI is InChI=1S/C14H10Br2Cl2/c15-12(7-9-1-4-11(17)5-2-9)10-3-6-14(18)13(16)8-10/h1-6,8,12H,7H2. The number of hydrogen-bond acceptors (Lipinski definition) is 0. The summed E-state index contributed by atoms with van der Waals surface area (Å²) in [5.74, 6) is 0. The summed E-state index contributed by atoms with van der Waals surface area (Å²) < 4.78 is 0.919. The van der Waals surface area contributed by atoms with Crippen LogP contribution in [0.4, 0.5) is 0 Å². The maximum absolute atomic E-state index is 5.99. The second-order valence-corrected chi connectivity index (χ2v) is 6.77. The van der Waals surface area contributed by atoms with Crippen molar-refractivity contribution in [2.45, 2.75) is 11.2 Å². The smallest absolute Gasteiger partial charge is 0.0548 e. The van der Waals surface area contributed by atoms with Crippen molar-refractivity contribution >= 4 is 55.1 Å². The third-order valence-corrected chi connectivity index (χ3v) is 4.95. The van der Waals surface area contributed by atoms with Gasteiger partial charge >= 0.3 is 0 Å². The van der Waals surface area contributed by atoms with Crippen molar-refractivity contribution in [2.75, 3.05) is 0 Å². The average Bonchev–Trinajstić information content (AvgIpc) is 2.35. The molecule has 1 atom stereocenters. The molecule has 0 saturated carbocycles. The van der Waals surface area contributed by atoms with Crippen molar-refractivity contribution in [3.05, 3.63) is 68.1 Å². The van der Waals surface area contributed by atoms with Gasteiger partial charge in [-0.2, -0.15) is 0 Å². The highest BCUT2D eigenvalue weighted by Crippen LogP contribution is 2.32. The Morgan fingerprint density at radius 2 is 1.67 bits per heavy atom. The summed E-state index contributed by atoms with van der Waals surface area (Å²) in [7, 11) is 0. The number of alkyl halides is 1. The second-order valence-electron chi connectivity index (χ2n) is 3.97. The van der Waals surface area contributed by atoms with Crippen molar-refractivity contribution in [1.82, 2.24) is 0 Å². The van der Waals surface area contributed by atoms with E-state index in [0.717, 1.165) is 20.9 Å². The minimum Gasteiger partial charge on any atom is -0.0843 e. The van der Waals surface area contributed by atoms with Gasteiger partial charge in [-0.3, -0.25) is 0 Å². The fourth-order valence-corrected chi connectivity index (χ4v) is 2.95. The van der Waals surface area contributed by atoms with Gasteiger partial charge in [-0.25, -0.2) is 0 Å². The van der Waals surface area contributed by atoms with Gasteiger partial charge in [0.1, 0.15) is 0 Å². The van der Waals surface area contributed by atoms with E-state index in [9.17, 15) is 0 Å². The molecule has 0 aromatic heterocycles. The molecule has 0 fully saturated rings. The van der Waals surface area contributed by atoms with Crippen LogP contribution >= 0.6 is 55.1 Å². The Kier molecular flexibility index (Phi) is 5.14. The van der Waals surface area contributed by atoms with E-state index in [1.54, 1.807) is 0 Å². The molecule has 0 amide bonds. The summed E-state index contributed by atoms with van der Waals surface area (Å²) in [6.07, 6.45) is 0.908. The Labute approximate surface area is 134 Å². The topological polar surface area (TPSA) is 0 Å². The summed E-state index contributed by atoms with van der Waals surface area (Å²) >= 11 is 19.0. The van der Waals surface area contributed by atoms with Gasteiger partial charge in [-0.15, -0.1) is 0 Å². The fourth-order valence-electron chi connectivity index (χ4n) is 1.65. The molecular formula is C14H10Br2Cl2. The first kappa shape index (κ1) is 14.4. The molecule has 0 spiro atoms. The van der Waals surface area contributed by atoms with Crippen molar-refractivity contribution in [1.29, 1.82) is 0 Å². The second kappa shape index (κ2) is 6.42. The molecule has 1 unspecified atom stereocenters. The van der Waals surface area contributed by atoms with Crippen LogP contribution in [0.5, 0.6) is 0 Å². The van der Waals surface area contributed by atoms with Crippen LogP contribution in [0, 0.1) is 0 Å². The van der Waals surface area contributed by atoms with Gasteiger partial charge in [-0.05, 0) is 57.7 Å². The number of rotatable bonds is 3. The molecule has 0 bridgehead atoms. The predicted octanol–water partition coefficient (Wildman–Crippen LogP) is 6.43. The highest BCUT2D eigenvalue weighted by atomic mass is 79.9. The van der Waals surface area contributed by atoms with Crippen LogP contribution in [-0.4, -0.2) is 0 Å². The summed E-state index contributed by atoms with van der Waals surface area (Å²) in [5.41, 5.74) is 2.44. The van der Waals surface area contributed by atoms with Crippen molar-refractivity contribution in [2.24, 2.45) is 0 Å². The summed E-state index contributed by atoms with van der Waals surface area (Å²) in [6.45, 7) is 0. The largest absolute Gasteiger partial charge is 0.0843 e. The van der Waals surface area contributed by atoms with E-state index in [1.807, 2.05) is 42.5 Å². The molecular weight excluding hydrogens is 399 g/mol. The van der Waals surface area contributed by atoms with Crippen LogP contribution < -0.4 is 0 Å². The van der Waals surface area contributed by atoms with Crippen LogP contribution in [0.3, 0.4) is 0 Å². The van der Waals surface area contributed by atoms with Gasteiger partial charge in [0, 0.05) is 14.3 Å². The van der Waals surface area contributed by atoms with Crippen LogP contribution in [0.25, 0.3) is 0 Å². The Hall–Kier alpha value is -0.0200. The molecule has 94 valence electrons. The number of halogens is 4. The van der Waals surface area contributed by atoms with E-state index in [1.165, 1.54) is 11.1 Å². The van der Waals surface area contributed by atoms with Crippen molar-refractivity contribution in [3.8, 4) is 0 Å². The van der Waals surface area contributed by atoms with E-state index in [4.69, 9.17) is 23.2 Å². The summed E-state index contributed by atoms with van der Waals surface area (Å²) in [4.78, 5) is 0.257. The third-order valence-electron chi connectivity index (χ3n) is 2.63. The zero-order chi connectivity index (χ0) is 13.1. The van der Waals surface area contributed by atoms with Gasteiger partial charge in [-0.1, -0.05) is 57.3 Å². The van der Waals surface area contributed by atoms with Crippen LogP contribution in [0.1, 0.15) is 16.0 Å². The quantitative estimate of drug-likeness (QED) is 0.513. The maximum Gasteiger partial charge on any atom is 0.0548 e. The van der Waals surface area contributed by atoms with E-state index in [-0.39, 0.29) is 4.83 Å². The van der Waals surface area contributed by atoms with Crippen molar-refractivity contribution in [3.63, 3.8) is 0 Å². The summed E-state index contributed by atoms with van der Waals surface area (Å²) in [6, 6.07) is 13.9. The van der Waals surface area contributed by atoms with Crippen LogP contribution in [-0.2, 0) is 6.42 Å². The fraction of sp³-hybridized carbons (Fsp3) is 0.143. The Morgan fingerprint density at radius 3 is 2.28 bits per heavy atom. The monoisotopic (exact) mass is 406 g/mol. The molecule has 2 aromatic rings. The Bertz CT molecular complexity index is 538. The number of hydrogen-bond donors (Lipinski definition) is 0. The normalized spacial score (nSPS) is 12.4. The lowest BCUT2D eigenvalue weighted by Gasteiger charge is -2.11. The minimum atomic E-state index is 0.257. The molecule has 18 heavy (non-hydrogen) atoms. The van der Waals surface area contributed by atoms with E-state index < -0.39 is 0 Å². The Morgan fingerprint density at radius 1 is 1.00 bits per heavy atom. The molecule has 2 rings (SSSR count). The summed E-state index contributed by atoms with van der Waals surface area (Å²) in [5, 5.41) is 1.49. The van der Waals surface area contributed by atoms with Gasteiger partial charge in [0.15, 0.2) is 0 Å². The zero-order valence-electron chi connectivity index (χ0n) is 9.34. The highest BCUT2D eigenvalue weighted by Gasteiger charge is 2.10. The molecule has 0 aliphatic rings. The molecule has 4 heteroatoms.